The van der Waals surface area contributed by atoms with Gasteiger partial charge in [0, 0.05) is 16.8 Å². The van der Waals surface area contributed by atoms with Crippen molar-refractivity contribution in [3.63, 3.8) is 0 Å². The van der Waals surface area contributed by atoms with E-state index in [0.29, 0.717) is 10.7 Å². The van der Waals surface area contributed by atoms with Crippen LogP contribution >= 0.6 is 11.6 Å². The van der Waals surface area contributed by atoms with Crippen molar-refractivity contribution in [2.45, 2.75) is 38.8 Å². The molecular weight excluding hydrogens is 292 g/mol. The summed E-state index contributed by atoms with van der Waals surface area (Å²) in [5.74, 6) is -1.11. The van der Waals surface area contributed by atoms with Gasteiger partial charge in [0.15, 0.2) is 0 Å². The van der Waals surface area contributed by atoms with Crippen LogP contribution in [0, 0.1) is 6.92 Å². The molecule has 0 spiro atoms. The summed E-state index contributed by atoms with van der Waals surface area (Å²) in [6.07, 6.45) is 1.90. The lowest BCUT2D eigenvalue weighted by atomic mass is 10.2. The molecule has 1 aliphatic rings. The molecule has 0 bridgehead atoms. The molecule has 6 heteroatoms. The van der Waals surface area contributed by atoms with Gasteiger partial charge in [-0.2, -0.15) is 0 Å². The molecule has 114 valence electrons. The van der Waals surface area contributed by atoms with Crippen molar-refractivity contribution in [3.05, 3.63) is 28.8 Å². The van der Waals surface area contributed by atoms with Gasteiger partial charge in [-0.1, -0.05) is 11.6 Å². The third-order valence-corrected chi connectivity index (χ3v) is 3.89. The van der Waals surface area contributed by atoms with E-state index < -0.39 is 12.0 Å². The first-order valence-corrected chi connectivity index (χ1v) is 7.31. The molecule has 0 aliphatic heterocycles. The Morgan fingerprint density at radius 2 is 2.14 bits per heavy atom. The largest absolute Gasteiger partial charge is 0.480 e. The Kier molecular flexibility index (Phi) is 4.85. The number of benzene rings is 1. The normalized spacial score (nSPS) is 15.8. The summed E-state index contributed by atoms with van der Waals surface area (Å²) in [6, 6.07) is 4.78. The number of nitrogens with one attached hydrogen (secondary N) is 1. The summed E-state index contributed by atoms with van der Waals surface area (Å²) in [7, 11) is 0. The SMILES string of the molecule is Cc1cc(Cl)ccc1NC(=O)CN(C1CC1)C(C)C(=O)O. The van der Waals surface area contributed by atoms with Crippen molar-refractivity contribution in [1.29, 1.82) is 0 Å². The van der Waals surface area contributed by atoms with Crippen LogP contribution in [0.4, 0.5) is 5.69 Å². The molecule has 1 aromatic carbocycles. The second-order valence-corrected chi connectivity index (χ2v) is 5.86. The highest BCUT2D eigenvalue weighted by molar-refractivity contribution is 6.30. The molecule has 1 fully saturated rings. The number of rotatable bonds is 6. The third kappa shape index (κ3) is 4.19. The van der Waals surface area contributed by atoms with E-state index in [1.54, 1.807) is 30.0 Å². The number of carboxylic acids is 1. The van der Waals surface area contributed by atoms with E-state index >= 15 is 0 Å². The van der Waals surface area contributed by atoms with E-state index in [-0.39, 0.29) is 18.5 Å². The van der Waals surface area contributed by atoms with Gasteiger partial charge in [0.1, 0.15) is 6.04 Å². The van der Waals surface area contributed by atoms with Gasteiger partial charge < -0.3 is 10.4 Å². The summed E-state index contributed by atoms with van der Waals surface area (Å²) in [6.45, 7) is 3.56. The topological polar surface area (TPSA) is 69.6 Å². The van der Waals surface area contributed by atoms with Crippen LogP contribution in [0.3, 0.4) is 0 Å². The van der Waals surface area contributed by atoms with E-state index in [2.05, 4.69) is 5.32 Å². The summed E-state index contributed by atoms with van der Waals surface area (Å²) in [5.41, 5.74) is 1.57. The molecule has 1 amide bonds. The summed E-state index contributed by atoms with van der Waals surface area (Å²) in [4.78, 5) is 25.0. The Morgan fingerprint density at radius 3 is 2.67 bits per heavy atom. The minimum absolute atomic E-state index is 0.0835. The predicted octanol–water partition coefficient (Wildman–Crippen LogP) is 2.52. The first-order valence-electron chi connectivity index (χ1n) is 6.93. The van der Waals surface area contributed by atoms with Gasteiger partial charge in [-0.15, -0.1) is 0 Å². The minimum Gasteiger partial charge on any atom is -0.480 e. The Balaban J connectivity index is 2.00. The number of halogens is 1. The number of hydrogen-bond donors (Lipinski definition) is 2. The molecule has 1 unspecified atom stereocenters. The molecule has 0 heterocycles. The number of aliphatic carboxylic acids is 1. The van der Waals surface area contributed by atoms with Gasteiger partial charge in [0.25, 0.3) is 0 Å². The molecule has 2 N–H and O–H groups in total. The maximum Gasteiger partial charge on any atom is 0.320 e. The lowest BCUT2D eigenvalue weighted by Gasteiger charge is -2.25. The number of aryl methyl sites for hydroxylation is 1. The fraction of sp³-hybridized carbons (Fsp3) is 0.467. The van der Waals surface area contributed by atoms with Gasteiger partial charge in [0.2, 0.25) is 5.91 Å². The number of nitrogens with zero attached hydrogens (tertiary/aromatic N) is 1. The molecule has 0 radical (unpaired) electrons. The zero-order valence-electron chi connectivity index (χ0n) is 12.1. The van der Waals surface area contributed by atoms with Crippen LogP contribution in [0.5, 0.6) is 0 Å². The lowest BCUT2D eigenvalue weighted by Crippen LogP contribution is -2.44. The predicted molar refractivity (Wildman–Crippen MR) is 81.6 cm³/mol. The molecule has 0 aromatic heterocycles. The Morgan fingerprint density at radius 1 is 1.48 bits per heavy atom. The van der Waals surface area contributed by atoms with E-state index in [9.17, 15) is 9.59 Å². The van der Waals surface area contributed by atoms with Crippen LogP contribution in [0.1, 0.15) is 25.3 Å². The van der Waals surface area contributed by atoms with Crippen molar-refractivity contribution in [3.8, 4) is 0 Å². The van der Waals surface area contributed by atoms with Crippen molar-refractivity contribution < 1.29 is 14.7 Å². The van der Waals surface area contributed by atoms with Crippen LogP contribution in [0.25, 0.3) is 0 Å². The third-order valence-electron chi connectivity index (χ3n) is 3.66. The first kappa shape index (κ1) is 15.8. The highest BCUT2D eigenvalue weighted by Gasteiger charge is 2.36. The first-order chi connectivity index (χ1) is 9.88. The molecule has 21 heavy (non-hydrogen) atoms. The van der Waals surface area contributed by atoms with Crippen LogP contribution in [0.2, 0.25) is 5.02 Å². The second kappa shape index (κ2) is 6.45. The zero-order chi connectivity index (χ0) is 15.6. The van der Waals surface area contributed by atoms with E-state index in [4.69, 9.17) is 16.7 Å². The van der Waals surface area contributed by atoms with E-state index in [1.807, 2.05) is 6.92 Å². The number of carbonyl (C=O) groups excluding carboxylic acids is 1. The molecule has 0 saturated heterocycles. The van der Waals surface area contributed by atoms with Crippen molar-refractivity contribution in [1.82, 2.24) is 4.90 Å². The monoisotopic (exact) mass is 310 g/mol. The summed E-state index contributed by atoms with van der Waals surface area (Å²) < 4.78 is 0. The summed E-state index contributed by atoms with van der Waals surface area (Å²) in [5, 5.41) is 12.5. The lowest BCUT2D eigenvalue weighted by molar-refractivity contribution is -0.143. The maximum absolute atomic E-state index is 12.1. The number of amides is 1. The van der Waals surface area contributed by atoms with Crippen LogP contribution in [-0.4, -0.2) is 40.5 Å². The minimum atomic E-state index is -0.905. The van der Waals surface area contributed by atoms with Gasteiger partial charge in [0.05, 0.1) is 6.54 Å². The fourth-order valence-corrected chi connectivity index (χ4v) is 2.48. The number of carboxylic acid groups (broad SMARTS) is 1. The van der Waals surface area contributed by atoms with Gasteiger partial charge >= 0.3 is 5.97 Å². The highest BCUT2D eigenvalue weighted by atomic mass is 35.5. The van der Waals surface area contributed by atoms with Crippen molar-refractivity contribution in [2.75, 3.05) is 11.9 Å². The van der Waals surface area contributed by atoms with Crippen molar-refractivity contribution in [2.24, 2.45) is 0 Å². The Hall–Kier alpha value is -1.59. The van der Waals surface area contributed by atoms with E-state index in [0.717, 1.165) is 18.4 Å². The molecule has 1 saturated carbocycles. The number of hydrogen-bond acceptors (Lipinski definition) is 3. The van der Waals surface area contributed by atoms with E-state index in [1.165, 1.54) is 0 Å². The molecule has 5 nitrogen and oxygen atoms in total. The fourth-order valence-electron chi connectivity index (χ4n) is 2.25. The Bertz CT molecular complexity index is 558. The molecule has 2 rings (SSSR count). The van der Waals surface area contributed by atoms with Gasteiger partial charge in [-0.3, -0.25) is 14.5 Å². The van der Waals surface area contributed by atoms with Gasteiger partial charge in [-0.25, -0.2) is 0 Å². The second-order valence-electron chi connectivity index (χ2n) is 5.43. The molecule has 1 aliphatic carbocycles. The standard InChI is InChI=1S/C15H19ClN2O3/c1-9-7-11(16)3-6-13(9)17-14(19)8-18(12-4-5-12)10(2)15(20)21/h3,6-7,10,12H,4-5,8H2,1-2H3,(H,17,19)(H,20,21). The van der Waals surface area contributed by atoms with Crippen LogP contribution < -0.4 is 5.32 Å². The highest BCUT2D eigenvalue weighted by Crippen LogP contribution is 2.28. The molecular formula is C15H19ClN2O3. The maximum atomic E-state index is 12.1. The molecule has 1 atom stereocenters. The van der Waals surface area contributed by atoms with Crippen molar-refractivity contribution >= 4 is 29.2 Å². The average Bonchev–Trinajstić information content (AvgIpc) is 3.23. The van der Waals surface area contributed by atoms with Crippen LogP contribution in [0.15, 0.2) is 18.2 Å². The Labute approximate surface area is 128 Å². The number of carbonyl (C=O) groups is 2. The average molecular weight is 311 g/mol. The number of anilines is 1. The van der Waals surface area contributed by atoms with Gasteiger partial charge in [-0.05, 0) is 50.5 Å². The molecule has 1 aromatic rings. The quantitative estimate of drug-likeness (QED) is 0.847. The zero-order valence-corrected chi connectivity index (χ0v) is 12.9. The smallest absolute Gasteiger partial charge is 0.320 e. The summed E-state index contributed by atoms with van der Waals surface area (Å²) >= 11 is 5.88. The van der Waals surface area contributed by atoms with Crippen LogP contribution in [-0.2, 0) is 9.59 Å².